The lowest BCUT2D eigenvalue weighted by atomic mass is 10.1. The molecule has 9 heteroatoms. The van der Waals surface area contributed by atoms with Gasteiger partial charge in [-0.25, -0.2) is 9.78 Å². The average molecular weight is 349 g/mol. The van der Waals surface area contributed by atoms with Gasteiger partial charge in [0, 0.05) is 30.6 Å². The molecule has 0 aliphatic heterocycles. The van der Waals surface area contributed by atoms with Crippen LogP contribution < -0.4 is 10.8 Å². The van der Waals surface area contributed by atoms with Gasteiger partial charge in [-0.05, 0) is 17.7 Å². The first-order chi connectivity index (χ1) is 11.5. The minimum Gasteiger partial charge on any atom is -0.442 e. The third-order valence-electron chi connectivity index (χ3n) is 2.75. The molecule has 0 saturated carbocycles. The second kappa shape index (κ2) is 8.63. The molecule has 8 nitrogen and oxygen atoms in total. The number of benzene rings is 1. The van der Waals surface area contributed by atoms with Crippen molar-refractivity contribution < 1.29 is 24.0 Å². The van der Waals surface area contributed by atoms with Crippen LogP contribution in [0.3, 0.4) is 0 Å². The van der Waals surface area contributed by atoms with Crippen LogP contribution in [0.25, 0.3) is 0 Å². The number of carbonyl (C=O) groups excluding carboxylic acids is 3. The number of aromatic nitrogens is 1. The number of hydrogen-bond acceptors (Lipinski definition) is 7. The Morgan fingerprint density at radius 2 is 1.96 bits per heavy atom. The fourth-order valence-corrected chi connectivity index (χ4v) is 2.16. The van der Waals surface area contributed by atoms with Crippen LogP contribution in [0.5, 0.6) is 0 Å². The molecule has 2 amide bonds. The summed E-state index contributed by atoms with van der Waals surface area (Å²) in [6.45, 7) is 1.56. The molecule has 0 bridgehead atoms. The van der Waals surface area contributed by atoms with Gasteiger partial charge in [-0.15, -0.1) is 11.3 Å². The Balaban J connectivity index is 1.75. The Morgan fingerprint density at radius 3 is 2.58 bits per heavy atom. The number of hydroxylamine groups is 1. The van der Waals surface area contributed by atoms with Gasteiger partial charge in [0.25, 0.3) is 5.91 Å². The molecule has 0 aliphatic carbocycles. The van der Waals surface area contributed by atoms with Crippen molar-refractivity contribution in [3.8, 4) is 0 Å². The average Bonchev–Trinajstić information content (AvgIpc) is 3.10. The number of amides is 2. The molecule has 0 spiro atoms. The van der Waals surface area contributed by atoms with E-state index in [1.54, 1.807) is 35.8 Å². The predicted molar refractivity (Wildman–Crippen MR) is 84.8 cm³/mol. The summed E-state index contributed by atoms with van der Waals surface area (Å²) < 4.78 is 5.01. The van der Waals surface area contributed by atoms with Crippen molar-refractivity contribution in [3.63, 3.8) is 0 Å². The second-order valence-corrected chi connectivity index (χ2v) is 5.56. The summed E-state index contributed by atoms with van der Waals surface area (Å²) in [4.78, 5) is 42.2. The molecule has 24 heavy (non-hydrogen) atoms. The molecule has 2 N–H and O–H groups in total. The number of alkyl carbamates (subject to hydrolysis) is 1. The fraction of sp³-hybridized carbons (Fsp3) is 0.200. The van der Waals surface area contributed by atoms with Crippen LogP contribution in [0.1, 0.15) is 27.9 Å². The van der Waals surface area contributed by atoms with Gasteiger partial charge < -0.3 is 14.9 Å². The Morgan fingerprint density at radius 1 is 1.21 bits per heavy atom. The van der Waals surface area contributed by atoms with Crippen LogP contribution in [0.2, 0.25) is 0 Å². The highest BCUT2D eigenvalue weighted by atomic mass is 32.1. The van der Waals surface area contributed by atoms with Crippen LogP contribution in [0.4, 0.5) is 4.79 Å². The van der Waals surface area contributed by atoms with Crippen LogP contribution >= 0.6 is 11.3 Å². The molecule has 0 fully saturated rings. The molecule has 2 rings (SSSR count). The van der Waals surface area contributed by atoms with Crippen molar-refractivity contribution in [2.45, 2.75) is 20.1 Å². The molecule has 1 aromatic carbocycles. The van der Waals surface area contributed by atoms with Crippen molar-refractivity contribution in [1.82, 2.24) is 15.8 Å². The van der Waals surface area contributed by atoms with Gasteiger partial charge >= 0.3 is 12.1 Å². The molecular weight excluding hydrogens is 334 g/mol. The highest BCUT2D eigenvalue weighted by Gasteiger charge is 2.08. The van der Waals surface area contributed by atoms with Crippen molar-refractivity contribution in [3.05, 3.63) is 52.0 Å². The van der Waals surface area contributed by atoms with Gasteiger partial charge in [-0.3, -0.25) is 9.59 Å². The monoisotopic (exact) mass is 349 g/mol. The number of carbonyl (C=O) groups is 3. The Labute approximate surface area is 141 Å². The Kier molecular flexibility index (Phi) is 6.26. The summed E-state index contributed by atoms with van der Waals surface area (Å²) in [5, 5.41) is 5.11. The molecule has 2 aromatic rings. The number of ether oxygens (including phenoxy) is 1. The van der Waals surface area contributed by atoms with Gasteiger partial charge in [0.2, 0.25) is 0 Å². The van der Waals surface area contributed by atoms with Crippen molar-refractivity contribution in [1.29, 1.82) is 0 Å². The molecule has 126 valence electrons. The third kappa shape index (κ3) is 5.69. The molecular formula is C15H15N3O5S. The van der Waals surface area contributed by atoms with E-state index in [0.717, 1.165) is 5.56 Å². The quantitative estimate of drug-likeness (QED) is 0.797. The van der Waals surface area contributed by atoms with E-state index in [4.69, 9.17) is 4.74 Å². The number of rotatable bonds is 5. The standard InChI is InChI=1S/C15H15N3O5S/c1-10(19)23-18-14(20)12-4-2-11(3-5-12)8-17-15(21)22-9-13-16-6-7-24-13/h2-7H,8-9H2,1H3,(H,17,21)(H,18,20). The summed E-state index contributed by atoms with van der Waals surface area (Å²) in [6.07, 6.45) is 1.09. The highest BCUT2D eigenvalue weighted by molar-refractivity contribution is 7.09. The lowest BCUT2D eigenvalue weighted by molar-refractivity contribution is -0.146. The lowest BCUT2D eigenvalue weighted by Gasteiger charge is -2.07. The molecule has 0 atom stereocenters. The van der Waals surface area contributed by atoms with E-state index in [9.17, 15) is 14.4 Å². The predicted octanol–water partition coefficient (Wildman–Crippen LogP) is 1.78. The highest BCUT2D eigenvalue weighted by Crippen LogP contribution is 2.06. The Hall–Kier alpha value is -2.94. The van der Waals surface area contributed by atoms with E-state index in [2.05, 4.69) is 15.1 Å². The van der Waals surface area contributed by atoms with E-state index in [1.807, 2.05) is 5.48 Å². The summed E-state index contributed by atoms with van der Waals surface area (Å²) in [7, 11) is 0. The first-order valence-corrected chi connectivity index (χ1v) is 7.78. The second-order valence-electron chi connectivity index (χ2n) is 4.58. The zero-order valence-corrected chi connectivity index (χ0v) is 13.6. The van der Waals surface area contributed by atoms with Gasteiger partial charge in [-0.2, -0.15) is 5.48 Å². The largest absolute Gasteiger partial charge is 0.442 e. The number of thiazole rings is 1. The van der Waals surface area contributed by atoms with Crippen molar-refractivity contribution in [2.75, 3.05) is 0 Å². The van der Waals surface area contributed by atoms with Gasteiger partial charge in [0.1, 0.15) is 11.6 Å². The molecule has 0 aliphatic rings. The van der Waals surface area contributed by atoms with Gasteiger partial charge in [0.05, 0.1) is 0 Å². The minimum absolute atomic E-state index is 0.124. The van der Waals surface area contributed by atoms with Gasteiger partial charge in [-0.1, -0.05) is 12.1 Å². The first kappa shape index (κ1) is 17.4. The lowest BCUT2D eigenvalue weighted by Crippen LogP contribution is -2.26. The van der Waals surface area contributed by atoms with E-state index >= 15 is 0 Å². The van der Waals surface area contributed by atoms with Crippen LogP contribution in [-0.2, 0) is 27.5 Å². The van der Waals surface area contributed by atoms with E-state index < -0.39 is 18.0 Å². The maximum Gasteiger partial charge on any atom is 0.407 e. The number of nitrogens with one attached hydrogen (secondary N) is 2. The molecule has 1 heterocycles. The zero-order valence-electron chi connectivity index (χ0n) is 12.8. The summed E-state index contributed by atoms with van der Waals surface area (Å²) >= 11 is 1.40. The van der Waals surface area contributed by atoms with Crippen molar-refractivity contribution in [2.24, 2.45) is 0 Å². The number of nitrogens with zero attached hydrogens (tertiary/aromatic N) is 1. The zero-order chi connectivity index (χ0) is 17.4. The topological polar surface area (TPSA) is 107 Å². The maximum atomic E-state index is 11.6. The van der Waals surface area contributed by atoms with Crippen LogP contribution in [0.15, 0.2) is 35.8 Å². The third-order valence-corrected chi connectivity index (χ3v) is 3.50. The smallest absolute Gasteiger partial charge is 0.407 e. The Bertz CT molecular complexity index is 700. The van der Waals surface area contributed by atoms with Crippen molar-refractivity contribution >= 4 is 29.3 Å². The molecule has 0 radical (unpaired) electrons. The normalized spacial score (nSPS) is 9.88. The molecule has 0 saturated heterocycles. The van der Waals surface area contributed by atoms with Crippen LogP contribution in [-0.4, -0.2) is 23.0 Å². The van der Waals surface area contributed by atoms with E-state index in [-0.39, 0.29) is 13.2 Å². The maximum absolute atomic E-state index is 11.6. The fourth-order valence-electron chi connectivity index (χ4n) is 1.63. The minimum atomic E-state index is -0.611. The summed E-state index contributed by atoms with van der Waals surface area (Å²) in [5.74, 6) is -1.15. The number of hydrogen-bond donors (Lipinski definition) is 2. The SMILES string of the molecule is CC(=O)ONC(=O)c1ccc(CNC(=O)OCc2nccs2)cc1. The summed E-state index contributed by atoms with van der Waals surface area (Å²) in [5.41, 5.74) is 3.12. The van der Waals surface area contributed by atoms with Gasteiger partial charge in [0.15, 0.2) is 0 Å². The first-order valence-electron chi connectivity index (χ1n) is 6.90. The van der Waals surface area contributed by atoms with E-state index in [0.29, 0.717) is 10.6 Å². The molecule has 0 unspecified atom stereocenters. The van der Waals surface area contributed by atoms with E-state index in [1.165, 1.54) is 18.3 Å². The summed E-state index contributed by atoms with van der Waals surface area (Å²) in [6, 6.07) is 6.45. The van der Waals surface area contributed by atoms with Crippen LogP contribution in [0, 0.1) is 0 Å². The molecule has 1 aromatic heterocycles.